The Balaban J connectivity index is 2.94. The van der Waals surface area contributed by atoms with Gasteiger partial charge in [-0.15, -0.1) is 16.7 Å². The van der Waals surface area contributed by atoms with E-state index < -0.39 is 12.0 Å². The number of aromatic nitrogens is 4. The Kier molecular flexibility index (Phi) is 2.80. The van der Waals surface area contributed by atoms with Crippen LogP contribution in [-0.4, -0.2) is 26.1 Å². The molecule has 0 aliphatic heterocycles. The number of alkyl halides is 3. The molecule has 1 aromatic heterocycles. The van der Waals surface area contributed by atoms with E-state index in [1.807, 2.05) is 0 Å². The van der Waals surface area contributed by atoms with Crippen molar-refractivity contribution in [2.24, 2.45) is 0 Å². The van der Waals surface area contributed by atoms with Gasteiger partial charge in [-0.2, -0.15) is 0 Å². The maximum absolute atomic E-state index is 12.8. The van der Waals surface area contributed by atoms with Crippen LogP contribution in [0, 0.1) is 0 Å². The fraction of sp³-hybridized carbons (Fsp3) is 0.833. The van der Waals surface area contributed by atoms with Gasteiger partial charge >= 0.3 is 0 Å². The highest BCUT2D eigenvalue weighted by atomic mass is 35.5. The predicted molar refractivity (Wildman–Crippen MR) is 42.7 cm³/mol. The Morgan fingerprint density at radius 2 is 2.23 bits per heavy atom. The Bertz CT molecular complexity index is 282. The number of halogens is 3. The van der Waals surface area contributed by atoms with E-state index in [1.54, 1.807) is 0 Å². The summed E-state index contributed by atoms with van der Waals surface area (Å²) in [6.07, 6.45) is 0. The van der Waals surface area contributed by atoms with Crippen LogP contribution in [0.15, 0.2) is 0 Å². The smallest absolute Gasteiger partial charge is 0.220 e. The highest BCUT2D eigenvalue weighted by Crippen LogP contribution is 2.27. The van der Waals surface area contributed by atoms with Gasteiger partial charge in [0.15, 0.2) is 5.82 Å². The van der Waals surface area contributed by atoms with Crippen molar-refractivity contribution in [2.45, 2.75) is 31.7 Å². The largest absolute Gasteiger partial charge is 0.267 e. The molecule has 0 radical (unpaired) electrons. The van der Waals surface area contributed by atoms with E-state index >= 15 is 0 Å². The third kappa shape index (κ3) is 2.12. The summed E-state index contributed by atoms with van der Waals surface area (Å²) in [5, 5.41) is 10.2. The average molecular weight is 211 g/mol. The lowest BCUT2D eigenvalue weighted by molar-refractivity contribution is -0.0314. The summed E-state index contributed by atoms with van der Waals surface area (Å²) in [6.45, 7) is 2.16. The lowest BCUT2D eigenvalue weighted by atomic mass is 10.2. The fourth-order valence-corrected chi connectivity index (χ4v) is 0.992. The Hall–Kier alpha value is -0.780. The molecule has 0 spiro atoms. The molecule has 1 atom stereocenters. The highest BCUT2D eigenvalue weighted by Gasteiger charge is 2.33. The van der Waals surface area contributed by atoms with Crippen molar-refractivity contribution in [3.05, 3.63) is 5.82 Å². The second-order valence-corrected chi connectivity index (χ2v) is 3.07. The minimum Gasteiger partial charge on any atom is -0.220 e. The van der Waals surface area contributed by atoms with Crippen LogP contribution in [0.2, 0.25) is 0 Å². The molecule has 0 bridgehead atoms. The molecule has 0 aromatic carbocycles. The number of hydrogen-bond donors (Lipinski definition) is 0. The molecule has 7 heteroatoms. The Labute approximate surface area is 78.9 Å². The second kappa shape index (κ2) is 3.53. The van der Waals surface area contributed by atoms with Crippen LogP contribution in [0.5, 0.6) is 0 Å². The van der Waals surface area contributed by atoms with Gasteiger partial charge < -0.3 is 0 Å². The van der Waals surface area contributed by atoms with Crippen LogP contribution < -0.4 is 0 Å². The molecule has 4 nitrogen and oxygen atoms in total. The molecule has 74 valence electrons. The van der Waals surface area contributed by atoms with Gasteiger partial charge in [-0.25, -0.2) is 13.5 Å². The zero-order valence-electron chi connectivity index (χ0n) is 7.21. The predicted octanol–water partition coefficient (Wildman–Crippen LogP) is 1.63. The molecule has 0 fully saturated rings. The zero-order valence-corrected chi connectivity index (χ0v) is 7.96. The third-order valence-corrected chi connectivity index (χ3v) is 2.02. The minimum atomic E-state index is -2.86. The molecule has 1 rings (SSSR count). The fourth-order valence-electron chi connectivity index (χ4n) is 0.816. The average Bonchev–Trinajstić information content (AvgIpc) is 2.48. The molecule has 0 saturated heterocycles. The topological polar surface area (TPSA) is 43.6 Å². The van der Waals surface area contributed by atoms with E-state index in [2.05, 4.69) is 15.5 Å². The van der Waals surface area contributed by atoms with E-state index in [-0.39, 0.29) is 11.7 Å². The van der Waals surface area contributed by atoms with Gasteiger partial charge in [0.2, 0.25) is 0 Å². The Morgan fingerprint density at radius 3 is 2.69 bits per heavy atom. The second-order valence-electron chi connectivity index (χ2n) is 2.81. The molecule has 0 saturated carbocycles. The Morgan fingerprint density at radius 1 is 1.62 bits per heavy atom. The first kappa shape index (κ1) is 10.3. The number of hydrogen-bond acceptors (Lipinski definition) is 3. The van der Waals surface area contributed by atoms with Gasteiger partial charge in [-0.3, -0.25) is 0 Å². The number of rotatable bonds is 3. The summed E-state index contributed by atoms with van der Waals surface area (Å²) in [4.78, 5) is 0. The number of nitrogens with zero attached hydrogens (tertiary/aromatic N) is 4. The van der Waals surface area contributed by atoms with E-state index in [1.165, 1.54) is 6.92 Å². The molecule has 13 heavy (non-hydrogen) atoms. The molecule has 1 unspecified atom stereocenters. The highest BCUT2D eigenvalue weighted by molar-refractivity contribution is 6.16. The van der Waals surface area contributed by atoms with Gasteiger partial charge in [0.25, 0.3) is 5.92 Å². The summed E-state index contributed by atoms with van der Waals surface area (Å²) in [5.41, 5.74) is 0. The molecule has 1 heterocycles. The summed E-state index contributed by atoms with van der Waals surface area (Å²) in [6, 6.07) is -1.09. The van der Waals surface area contributed by atoms with Crippen LogP contribution in [0.4, 0.5) is 8.78 Å². The molecule has 0 N–H and O–H groups in total. The molecular weight excluding hydrogens is 202 g/mol. The van der Waals surface area contributed by atoms with Crippen molar-refractivity contribution in [2.75, 3.05) is 0 Å². The van der Waals surface area contributed by atoms with E-state index in [9.17, 15) is 8.78 Å². The molecular formula is C6H9ClF2N4. The van der Waals surface area contributed by atoms with Crippen molar-refractivity contribution >= 4 is 11.6 Å². The standard InChI is InChI=1S/C6H9ClF2N4/c1-4(6(2,8)9)13-5(3-7)10-11-12-13/h4H,3H2,1-2H3. The summed E-state index contributed by atoms with van der Waals surface area (Å²) in [5.74, 6) is -2.60. The zero-order chi connectivity index (χ0) is 10.1. The molecule has 0 amide bonds. The van der Waals surface area contributed by atoms with Gasteiger partial charge in [0.05, 0.1) is 5.88 Å². The van der Waals surface area contributed by atoms with Gasteiger partial charge in [0.1, 0.15) is 6.04 Å². The minimum absolute atomic E-state index is 0.0213. The lowest BCUT2D eigenvalue weighted by Crippen LogP contribution is -2.27. The number of tetrazole rings is 1. The first-order valence-corrected chi connectivity index (χ1v) is 4.20. The van der Waals surface area contributed by atoms with Crippen molar-refractivity contribution in [1.29, 1.82) is 0 Å². The normalized spacial score (nSPS) is 14.5. The summed E-state index contributed by atoms with van der Waals surface area (Å²) >= 11 is 5.46. The van der Waals surface area contributed by atoms with E-state index in [4.69, 9.17) is 11.6 Å². The van der Waals surface area contributed by atoms with Crippen molar-refractivity contribution in [1.82, 2.24) is 20.2 Å². The third-order valence-electron chi connectivity index (χ3n) is 1.78. The van der Waals surface area contributed by atoms with Crippen LogP contribution in [-0.2, 0) is 5.88 Å². The van der Waals surface area contributed by atoms with Gasteiger partial charge in [-0.05, 0) is 17.4 Å². The first-order chi connectivity index (χ1) is 5.96. The molecule has 1 aromatic rings. The van der Waals surface area contributed by atoms with Crippen LogP contribution in [0.25, 0.3) is 0 Å². The van der Waals surface area contributed by atoms with Crippen molar-refractivity contribution < 1.29 is 8.78 Å². The maximum atomic E-state index is 12.8. The van der Waals surface area contributed by atoms with Gasteiger partial charge in [-0.1, -0.05) is 0 Å². The van der Waals surface area contributed by atoms with E-state index in [0.29, 0.717) is 0 Å². The first-order valence-electron chi connectivity index (χ1n) is 3.67. The van der Waals surface area contributed by atoms with Crippen LogP contribution >= 0.6 is 11.6 Å². The maximum Gasteiger partial charge on any atom is 0.267 e. The molecule has 0 aliphatic carbocycles. The van der Waals surface area contributed by atoms with Crippen molar-refractivity contribution in [3.63, 3.8) is 0 Å². The van der Waals surface area contributed by atoms with Crippen molar-refractivity contribution in [3.8, 4) is 0 Å². The quantitative estimate of drug-likeness (QED) is 0.713. The lowest BCUT2D eigenvalue weighted by Gasteiger charge is -2.19. The van der Waals surface area contributed by atoms with Crippen LogP contribution in [0.3, 0.4) is 0 Å². The summed E-state index contributed by atoms with van der Waals surface area (Å²) in [7, 11) is 0. The summed E-state index contributed by atoms with van der Waals surface area (Å²) < 4.78 is 26.7. The monoisotopic (exact) mass is 210 g/mol. The van der Waals surface area contributed by atoms with Crippen LogP contribution in [0.1, 0.15) is 25.7 Å². The van der Waals surface area contributed by atoms with Gasteiger partial charge in [0, 0.05) is 6.92 Å². The molecule has 0 aliphatic rings. The SMILES string of the molecule is CC(n1nnnc1CCl)C(C)(F)F. The van der Waals surface area contributed by atoms with E-state index in [0.717, 1.165) is 11.6 Å².